The minimum atomic E-state index is -3.58. The summed E-state index contributed by atoms with van der Waals surface area (Å²) in [6, 6.07) is 7.00. The summed E-state index contributed by atoms with van der Waals surface area (Å²) in [5.74, 6) is 0.232. The first-order chi connectivity index (χ1) is 9.06. The highest BCUT2D eigenvalue weighted by Gasteiger charge is 2.31. The number of rotatable bonds is 1. The minimum Gasteiger partial charge on any atom is -0.473 e. The molecule has 1 aliphatic heterocycles. The molecule has 2 N–H and O–H groups in total. The van der Waals surface area contributed by atoms with Crippen molar-refractivity contribution in [1.29, 1.82) is 0 Å². The lowest BCUT2D eigenvalue weighted by Crippen LogP contribution is -2.31. The molecule has 1 saturated carbocycles. The van der Waals surface area contributed by atoms with Crippen LogP contribution in [0.15, 0.2) is 33.6 Å². The summed E-state index contributed by atoms with van der Waals surface area (Å²) < 4.78 is 33.3. The Hall–Kier alpha value is -1.40. The zero-order valence-corrected chi connectivity index (χ0v) is 11.3. The number of benzene rings is 1. The minimum absolute atomic E-state index is 0.0138. The number of hydrogen-bond acceptors (Lipinski definition) is 4. The van der Waals surface area contributed by atoms with Gasteiger partial charge in [0.25, 0.3) is 10.0 Å². The van der Waals surface area contributed by atoms with E-state index in [2.05, 4.69) is 4.40 Å². The van der Waals surface area contributed by atoms with E-state index in [1.165, 1.54) is 0 Å². The Labute approximate surface area is 112 Å². The summed E-state index contributed by atoms with van der Waals surface area (Å²) >= 11 is 0. The monoisotopic (exact) mass is 280 g/mol. The van der Waals surface area contributed by atoms with Crippen LogP contribution in [-0.4, -0.2) is 26.5 Å². The van der Waals surface area contributed by atoms with Crippen LogP contribution in [0.4, 0.5) is 0 Å². The Morgan fingerprint density at radius 2 is 1.84 bits per heavy atom. The van der Waals surface area contributed by atoms with E-state index in [1.807, 2.05) is 0 Å². The van der Waals surface area contributed by atoms with E-state index in [4.69, 9.17) is 10.5 Å². The Balaban J connectivity index is 1.83. The van der Waals surface area contributed by atoms with Gasteiger partial charge in [-0.15, -0.1) is 4.40 Å². The lowest BCUT2D eigenvalue weighted by Gasteiger charge is -2.26. The molecule has 0 bridgehead atoms. The van der Waals surface area contributed by atoms with Crippen LogP contribution in [0.3, 0.4) is 0 Å². The third-order valence-electron chi connectivity index (χ3n) is 3.60. The van der Waals surface area contributed by atoms with Crippen molar-refractivity contribution >= 4 is 15.9 Å². The zero-order chi connectivity index (χ0) is 13.5. The first kappa shape index (κ1) is 12.6. The first-order valence-electron chi connectivity index (χ1n) is 6.43. The highest BCUT2D eigenvalue weighted by molar-refractivity contribution is 7.90. The van der Waals surface area contributed by atoms with Crippen molar-refractivity contribution in [3.8, 4) is 0 Å². The highest BCUT2D eigenvalue weighted by atomic mass is 32.2. The van der Waals surface area contributed by atoms with Crippen LogP contribution < -0.4 is 5.73 Å². The molecule has 1 aromatic rings. The van der Waals surface area contributed by atoms with Crippen LogP contribution in [-0.2, 0) is 14.8 Å². The Kier molecular flexibility index (Phi) is 3.06. The topological polar surface area (TPSA) is 81.8 Å². The maximum absolute atomic E-state index is 11.9. The molecule has 1 heterocycles. The molecule has 2 aliphatic rings. The van der Waals surface area contributed by atoms with E-state index in [9.17, 15) is 8.42 Å². The van der Waals surface area contributed by atoms with Gasteiger partial charge >= 0.3 is 0 Å². The highest BCUT2D eigenvalue weighted by Crippen LogP contribution is 2.29. The molecule has 1 aliphatic carbocycles. The second-order valence-electron chi connectivity index (χ2n) is 5.02. The van der Waals surface area contributed by atoms with Gasteiger partial charge in [0, 0.05) is 6.04 Å². The molecule has 6 heteroatoms. The van der Waals surface area contributed by atoms with E-state index < -0.39 is 10.0 Å². The fraction of sp³-hybridized carbons (Fsp3) is 0.462. The van der Waals surface area contributed by atoms with E-state index in [1.54, 1.807) is 24.3 Å². The van der Waals surface area contributed by atoms with Crippen LogP contribution >= 0.6 is 0 Å². The molecule has 0 radical (unpaired) electrons. The summed E-state index contributed by atoms with van der Waals surface area (Å²) in [6.45, 7) is 0. The van der Waals surface area contributed by atoms with Gasteiger partial charge in [-0.1, -0.05) is 12.1 Å². The lowest BCUT2D eigenvalue weighted by atomic mass is 9.94. The molecule has 102 valence electrons. The lowest BCUT2D eigenvalue weighted by molar-refractivity contribution is 0.137. The Bertz CT molecular complexity index is 617. The molecule has 0 aromatic heterocycles. The van der Waals surface area contributed by atoms with E-state index in [-0.39, 0.29) is 22.9 Å². The van der Waals surface area contributed by atoms with Crippen LogP contribution in [0.5, 0.6) is 0 Å². The number of nitrogens with two attached hydrogens (primary N) is 1. The largest absolute Gasteiger partial charge is 0.473 e. The second kappa shape index (κ2) is 4.61. The molecular formula is C13H16N2O3S. The summed E-state index contributed by atoms with van der Waals surface area (Å²) in [5, 5.41) is 0. The smallest absolute Gasteiger partial charge is 0.286 e. The van der Waals surface area contributed by atoms with Gasteiger partial charge in [-0.05, 0) is 37.8 Å². The van der Waals surface area contributed by atoms with Crippen LogP contribution in [0, 0.1) is 0 Å². The summed E-state index contributed by atoms with van der Waals surface area (Å²) in [6.07, 6.45) is 3.53. The maximum Gasteiger partial charge on any atom is 0.286 e. The van der Waals surface area contributed by atoms with Crippen LogP contribution in [0.25, 0.3) is 0 Å². The van der Waals surface area contributed by atoms with E-state index in [0.717, 1.165) is 25.7 Å². The van der Waals surface area contributed by atoms with E-state index >= 15 is 0 Å². The molecule has 1 fully saturated rings. The summed E-state index contributed by atoms with van der Waals surface area (Å²) in [4.78, 5) is 0.234. The van der Waals surface area contributed by atoms with Gasteiger partial charge in [-0.3, -0.25) is 0 Å². The van der Waals surface area contributed by atoms with Crippen molar-refractivity contribution in [1.82, 2.24) is 0 Å². The molecule has 3 rings (SSSR count). The second-order valence-corrected chi connectivity index (χ2v) is 6.59. The molecule has 0 amide bonds. The maximum atomic E-state index is 11.9. The van der Waals surface area contributed by atoms with Crippen LogP contribution in [0.1, 0.15) is 31.2 Å². The molecule has 0 spiro atoms. The predicted octanol–water partition coefficient (Wildman–Crippen LogP) is 1.42. The number of sulfonamides is 1. The third kappa shape index (κ3) is 2.37. The molecule has 0 unspecified atom stereocenters. The van der Waals surface area contributed by atoms with Crippen molar-refractivity contribution in [3.63, 3.8) is 0 Å². The predicted molar refractivity (Wildman–Crippen MR) is 71.5 cm³/mol. The van der Waals surface area contributed by atoms with Crippen molar-refractivity contribution in [2.75, 3.05) is 0 Å². The molecular weight excluding hydrogens is 264 g/mol. The average Bonchev–Trinajstić information content (AvgIpc) is 2.65. The van der Waals surface area contributed by atoms with Gasteiger partial charge < -0.3 is 10.5 Å². The molecule has 5 nitrogen and oxygen atoms in total. The van der Waals surface area contributed by atoms with Crippen molar-refractivity contribution in [2.45, 2.75) is 42.7 Å². The summed E-state index contributed by atoms with van der Waals surface area (Å²) in [7, 11) is -3.58. The Morgan fingerprint density at radius 1 is 1.16 bits per heavy atom. The number of fused-ring (bicyclic) bond motifs is 1. The van der Waals surface area contributed by atoms with Crippen molar-refractivity contribution in [2.24, 2.45) is 10.1 Å². The van der Waals surface area contributed by atoms with Crippen molar-refractivity contribution < 1.29 is 13.2 Å². The molecule has 19 heavy (non-hydrogen) atoms. The molecule has 0 atom stereocenters. The quantitative estimate of drug-likeness (QED) is 0.843. The van der Waals surface area contributed by atoms with Gasteiger partial charge in [0.05, 0.1) is 5.56 Å². The van der Waals surface area contributed by atoms with Gasteiger partial charge in [-0.2, -0.15) is 8.42 Å². The van der Waals surface area contributed by atoms with Gasteiger partial charge in [-0.25, -0.2) is 0 Å². The van der Waals surface area contributed by atoms with Gasteiger partial charge in [0.2, 0.25) is 5.90 Å². The normalized spacial score (nSPS) is 28.6. The van der Waals surface area contributed by atoms with Crippen molar-refractivity contribution in [3.05, 3.63) is 29.8 Å². The number of hydrogen-bond donors (Lipinski definition) is 1. The molecule has 1 aromatic carbocycles. The molecule has 0 saturated heterocycles. The fourth-order valence-electron chi connectivity index (χ4n) is 2.53. The SMILES string of the molecule is NC1CCC(OC2=NS(=O)(=O)c3ccccc32)CC1. The standard InChI is InChI=1S/C13H16N2O3S/c14-9-5-7-10(8-6-9)18-13-11-3-1-2-4-12(11)19(16,17)15-13/h1-4,9-10H,5-8,14H2. The van der Waals surface area contributed by atoms with Gasteiger partial charge in [0.1, 0.15) is 11.0 Å². The first-order valence-corrected chi connectivity index (χ1v) is 7.87. The fourth-order valence-corrected chi connectivity index (χ4v) is 3.67. The van der Waals surface area contributed by atoms with E-state index in [0.29, 0.717) is 5.56 Å². The Morgan fingerprint density at radius 3 is 2.58 bits per heavy atom. The number of nitrogens with zero attached hydrogens (tertiary/aromatic N) is 1. The summed E-state index contributed by atoms with van der Waals surface area (Å²) in [5.41, 5.74) is 6.41. The zero-order valence-electron chi connectivity index (χ0n) is 10.5. The van der Waals surface area contributed by atoms with Gasteiger partial charge in [0.15, 0.2) is 0 Å². The third-order valence-corrected chi connectivity index (χ3v) is 4.91. The average molecular weight is 280 g/mol. The van der Waals surface area contributed by atoms with Crippen LogP contribution in [0.2, 0.25) is 0 Å². The number of ether oxygens (including phenoxy) is 1.